The highest BCUT2D eigenvalue weighted by molar-refractivity contribution is 6.32. The molecule has 0 radical (unpaired) electrons. The molecule has 14 aromatic rings. The van der Waals surface area contributed by atoms with Gasteiger partial charge in [-0.2, -0.15) is 0 Å². The summed E-state index contributed by atoms with van der Waals surface area (Å²) in [5.74, 6) is 0. The smallest absolute Gasteiger partial charge is 0.143 e. The molecule has 0 aliphatic rings. The van der Waals surface area contributed by atoms with E-state index in [9.17, 15) is 0 Å². The number of nitrogens with zero attached hydrogens (tertiary/aromatic N) is 2. The van der Waals surface area contributed by atoms with Crippen LogP contribution in [0.25, 0.3) is 131 Å². The third-order valence-corrected chi connectivity index (χ3v) is 13.0. The average molecular weight is 749 g/mol. The van der Waals surface area contributed by atoms with Crippen molar-refractivity contribution in [2.24, 2.45) is 0 Å². The summed E-state index contributed by atoms with van der Waals surface area (Å²) >= 11 is 0. The molecule has 4 aromatic heterocycles. The minimum absolute atomic E-state index is 0.907. The SMILES string of the molecule is c1ccc(-n2c3cc(-c4cccc5c4oc4ccccc45)ccc3c3c(-c4cccc5c4c4ccc6cccc7c8ccccc8n5c4c67)cc4ccccc4c32)cc1. The summed E-state index contributed by atoms with van der Waals surface area (Å²) in [5.41, 5.74) is 13.7. The molecular formula is C56H32N2O. The fourth-order valence-electron chi connectivity index (χ4n) is 10.6. The lowest BCUT2D eigenvalue weighted by atomic mass is 9.91. The third kappa shape index (κ3) is 4.06. The molecule has 0 fully saturated rings. The molecule has 0 atom stereocenters. The van der Waals surface area contributed by atoms with Gasteiger partial charge in [0.2, 0.25) is 0 Å². The van der Waals surface area contributed by atoms with E-state index < -0.39 is 0 Å². The van der Waals surface area contributed by atoms with Crippen LogP contribution >= 0.6 is 0 Å². The Balaban J connectivity index is 1.15. The summed E-state index contributed by atoms with van der Waals surface area (Å²) in [7, 11) is 0. The minimum atomic E-state index is 0.907. The predicted molar refractivity (Wildman–Crippen MR) is 249 cm³/mol. The molecule has 0 saturated heterocycles. The molecule has 3 heteroatoms. The Hall–Kier alpha value is -7.88. The van der Waals surface area contributed by atoms with Crippen LogP contribution in [0.1, 0.15) is 0 Å². The van der Waals surface area contributed by atoms with E-state index in [0.29, 0.717) is 0 Å². The Morgan fingerprint density at radius 1 is 0.339 bits per heavy atom. The van der Waals surface area contributed by atoms with Crippen molar-refractivity contribution in [1.82, 2.24) is 8.97 Å². The first-order chi connectivity index (χ1) is 29.3. The van der Waals surface area contributed by atoms with Gasteiger partial charge in [0.05, 0.1) is 27.6 Å². The van der Waals surface area contributed by atoms with Gasteiger partial charge < -0.3 is 13.4 Å². The molecule has 0 aliphatic carbocycles. The normalized spacial score (nSPS) is 12.4. The number of rotatable bonds is 3. The van der Waals surface area contributed by atoms with Crippen LogP contribution in [0, 0.1) is 0 Å². The zero-order valence-electron chi connectivity index (χ0n) is 31.8. The molecule has 0 unspecified atom stereocenters. The van der Waals surface area contributed by atoms with E-state index in [0.717, 1.165) is 44.3 Å². The van der Waals surface area contributed by atoms with Crippen molar-refractivity contribution in [2.45, 2.75) is 0 Å². The van der Waals surface area contributed by atoms with Gasteiger partial charge in [0.15, 0.2) is 0 Å². The number of pyridine rings is 1. The van der Waals surface area contributed by atoms with Crippen molar-refractivity contribution >= 4 is 103 Å². The quantitative estimate of drug-likeness (QED) is 0.130. The van der Waals surface area contributed by atoms with Crippen LogP contribution < -0.4 is 0 Å². The average Bonchev–Trinajstić information content (AvgIpc) is 3.97. The maximum Gasteiger partial charge on any atom is 0.143 e. The first-order valence-electron chi connectivity index (χ1n) is 20.4. The highest BCUT2D eigenvalue weighted by Gasteiger charge is 2.25. The van der Waals surface area contributed by atoms with Crippen LogP contribution in [0.5, 0.6) is 0 Å². The maximum absolute atomic E-state index is 6.59. The lowest BCUT2D eigenvalue weighted by Gasteiger charge is -2.13. The van der Waals surface area contributed by atoms with Crippen molar-refractivity contribution in [3.8, 4) is 27.9 Å². The molecule has 10 aromatic carbocycles. The Kier molecular flexibility index (Phi) is 6.02. The van der Waals surface area contributed by atoms with Gasteiger partial charge in [-0.05, 0) is 75.3 Å². The third-order valence-electron chi connectivity index (χ3n) is 13.0. The van der Waals surface area contributed by atoms with E-state index in [-0.39, 0.29) is 0 Å². The Morgan fingerprint density at radius 2 is 1.03 bits per heavy atom. The van der Waals surface area contributed by atoms with Crippen LogP contribution in [-0.2, 0) is 0 Å². The van der Waals surface area contributed by atoms with Gasteiger partial charge in [-0.3, -0.25) is 0 Å². The second-order valence-corrected chi connectivity index (χ2v) is 16.0. The summed E-state index contributed by atoms with van der Waals surface area (Å²) in [5, 5.41) is 14.9. The molecular weight excluding hydrogens is 717 g/mol. The molecule has 272 valence electrons. The van der Waals surface area contributed by atoms with Crippen LogP contribution in [-0.4, -0.2) is 8.97 Å². The van der Waals surface area contributed by atoms with E-state index in [4.69, 9.17) is 4.42 Å². The number of aromatic nitrogens is 2. The summed E-state index contributed by atoms with van der Waals surface area (Å²) in [6, 6.07) is 71.3. The molecule has 3 nitrogen and oxygen atoms in total. The number of hydrogen-bond donors (Lipinski definition) is 0. The number of hydrogen-bond acceptors (Lipinski definition) is 1. The summed E-state index contributed by atoms with van der Waals surface area (Å²) in [4.78, 5) is 0. The molecule has 0 bridgehead atoms. The van der Waals surface area contributed by atoms with E-state index in [1.165, 1.54) is 87.1 Å². The monoisotopic (exact) mass is 748 g/mol. The van der Waals surface area contributed by atoms with E-state index in [1.807, 2.05) is 6.07 Å². The van der Waals surface area contributed by atoms with E-state index in [1.54, 1.807) is 0 Å². The molecule has 0 N–H and O–H groups in total. The van der Waals surface area contributed by atoms with Crippen molar-refractivity contribution in [1.29, 1.82) is 0 Å². The van der Waals surface area contributed by atoms with E-state index in [2.05, 4.69) is 197 Å². The molecule has 0 saturated carbocycles. The predicted octanol–water partition coefficient (Wildman–Crippen LogP) is 15.5. The molecule has 0 aliphatic heterocycles. The Bertz CT molecular complexity index is 4050. The van der Waals surface area contributed by atoms with Gasteiger partial charge in [-0.25, -0.2) is 0 Å². The first-order valence-corrected chi connectivity index (χ1v) is 20.4. The zero-order chi connectivity index (χ0) is 38.3. The van der Waals surface area contributed by atoms with Gasteiger partial charge in [0, 0.05) is 59.7 Å². The zero-order valence-corrected chi connectivity index (χ0v) is 31.8. The van der Waals surface area contributed by atoms with Crippen LogP contribution in [0.4, 0.5) is 0 Å². The lowest BCUT2D eigenvalue weighted by Crippen LogP contribution is -1.95. The van der Waals surface area contributed by atoms with Gasteiger partial charge in [-0.1, -0.05) is 152 Å². The van der Waals surface area contributed by atoms with E-state index >= 15 is 0 Å². The first kappa shape index (κ1) is 31.2. The molecule has 14 rings (SSSR count). The summed E-state index contributed by atoms with van der Waals surface area (Å²) in [6.45, 7) is 0. The Labute approximate surface area is 337 Å². The fraction of sp³-hybridized carbons (Fsp3) is 0. The minimum Gasteiger partial charge on any atom is -0.455 e. The van der Waals surface area contributed by atoms with Crippen LogP contribution in [0.3, 0.4) is 0 Å². The number of benzene rings is 10. The van der Waals surface area contributed by atoms with Gasteiger partial charge in [-0.15, -0.1) is 0 Å². The summed E-state index contributed by atoms with van der Waals surface area (Å²) < 4.78 is 11.6. The van der Waals surface area contributed by atoms with Crippen molar-refractivity contribution in [2.75, 3.05) is 0 Å². The van der Waals surface area contributed by atoms with Gasteiger partial charge in [0.1, 0.15) is 11.2 Å². The second kappa shape index (κ2) is 11.4. The molecule has 59 heavy (non-hydrogen) atoms. The molecule has 0 spiro atoms. The maximum atomic E-state index is 6.59. The molecule has 0 amide bonds. The van der Waals surface area contributed by atoms with Crippen molar-refractivity contribution in [3.05, 3.63) is 194 Å². The second-order valence-electron chi connectivity index (χ2n) is 16.0. The number of fused-ring (bicyclic) bond motifs is 14. The van der Waals surface area contributed by atoms with Gasteiger partial charge >= 0.3 is 0 Å². The standard InChI is InChI=1S/C56H32N2O/c1-2-15-36(16-3-1)57-49-32-35(38-20-11-23-43-40-19-7-9-26-50(40)59-56(38)43)28-29-44(49)53-46(31-34-13-4-5-17-37(34)54(53)57)42-22-12-25-48-52(42)45-30-27-33-14-10-21-41-39-18-6-8-24-47(39)58(48)55(45)51(33)41/h1-32H. The number of furan rings is 1. The topological polar surface area (TPSA) is 22.5 Å². The molecule has 4 heterocycles. The highest BCUT2D eigenvalue weighted by atomic mass is 16.3. The summed E-state index contributed by atoms with van der Waals surface area (Å²) in [6.07, 6.45) is 0. The fourth-order valence-corrected chi connectivity index (χ4v) is 10.6. The van der Waals surface area contributed by atoms with Gasteiger partial charge in [0.25, 0.3) is 0 Å². The van der Waals surface area contributed by atoms with Crippen molar-refractivity contribution in [3.63, 3.8) is 0 Å². The highest BCUT2D eigenvalue weighted by Crippen LogP contribution is 2.49. The van der Waals surface area contributed by atoms with Crippen LogP contribution in [0.15, 0.2) is 199 Å². The van der Waals surface area contributed by atoms with Crippen LogP contribution in [0.2, 0.25) is 0 Å². The Morgan fingerprint density at radius 3 is 1.97 bits per heavy atom. The lowest BCUT2D eigenvalue weighted by molar-refractivity contribution is 0.670. The van der Waals surface area contributed by atoms with Crippen molar-refractivity contribution < 1.29 is 4.42 Å². The largest absolute Gasteiger partial charge is 0.455 e. The number of para-hydroxylation sites is 4.